The van der Waals surface area contributed by atoms with Gasteiger partial charge in [-0.2, -0.15) is 0 Å². The second-order valence-corrected chi connectivity index (χ2v) is 6.58. The predicted octanol–water partition coefficient (Wildman–Crippen LogP) is 3.21. The lowest BCUT2D eigenvalue weighted by atomic mass is 9.75. The fourth-order valence-corrected chi connectivity index (χ4v) is 3.99. The molecule has 0 amide bonds. The smallest absolute Gasteiger partial charge is 0.119 e. The first-order valence-corrected chi connectivity index (χ1v) is 7.74. The Bertz CT molecular complexity index is 480. The summed E-state index contributed by atoms with van der Waals surface area (Å²) in [7, 11) is 1.77. The molecule has 2 atom stereocenters. The van der Waals surface area contributed by atoms with E-state index in [-0.39, 0.29) is 0 Å². The summed E-state index contributed by atoms with van der Waals surface area (Å²) in [4.78, 5) is 2.78. The van der Waals surface area contributed by atoms with Gasteiger partial charge in [0.25, 0.3) is 0 Å². The summed E-state index contributed by atoms with van der Waals surface area (Å²) in [5, 5.41) is 0. The molecule has 3 aliphatic rings. The Kier molecular flexibility index (Phi) is 2.80. The topological polar surface area (TPSA) is 12.5 Å². The normalized spacial score (nSPS) is 29.9. The molecule has 4 rings (SSSR count). The van der Waals surface area contributed by atoms with E-state index in [1.807, 2.05) is 0 Å². The van der Waals surface area contributed by atoms with Gasteiger partial charge in [0.1, 0.15) is 5.75 Å². The van der Waals surface area contributed by atoms with Crippen molar-refractivity contribution in [3.05, 3.63) is 29.3 Å². The van der Waals surface area contributed by atoms with Crippen molar-refractivity contribution < 1.29 is 4.74 Å². The molecular formula is C17H23NO. The molecule has 2 aliphatic carbocycles. The molecule has 1 aromatic rings. The average molecular weight is 257 g/mol. The molecule has 0 N–H and O–H groups in total. The highest BCUT2D eigenvalue weighted by Crippen LogP contribution is 2.42. The van der Waals surface area contributed by atoms with Gasteiger partial charge in [0.2, 0.25) is 0 Å². The molecule has 1 heterocycles. The standard InChI is InChI=1S/C17H23NO/c1-19-16-5-4-13-8-15-9-14(17(13)10-16)6-7-18(15)11-12-2-3-12/h4-5,10,12,14-15H,2-3,6-9,11H2,1H3. The van der Waals surface area contributed by atoms with Gasteiger partial charge in [-0.05, 0) is 73.7 Å². The SMILES string of the molecule is COc1ccc2c(c1)C1CCN(CC3CC3)C(C2)C1. The van der Waals surface area contributed by atoms with Crippen LogP contribution in [-0.4, -0.2) is 31.1 Å². The van der Waals surface area contributed by atoms with Crippen LogP contribution in [0.1, 0.15) is 42.7 Å². The van der Waals surface area contributed by atoms with Gasteiger partial charge in [-0.15, -0.1) is 0 Å². The monoisotopic (exact) mass is 257 g/mol. The summed E-state index contributed by atoms with van der Waals surface area (Å²) in [6.45, 7) is 2.67. The first kappa shape index (κ1) is 11.8. The van der Waals surface area contributed by atoms with Crippen LogP contribution < -0.4 is 4.74 Å². The third kappa shape index (κ3) is 2.16. The number of likely N-dealkylation sites (tertiary alicyclic amines) is 1. The van der Waals surface area contributed by atoms with Crippen LogP contribution in [-0.2, 0) is 6.42 Å². The molecule has 2 fully saturated rings. The minimum absolute atomic E-state index is 0.777. The maximum Gasteiger partial charge on any atom is 0.119 e. The highest BCUT2D eigenvalue weighted by Gasteiger charge is 2.37. The molecule has 2 unspecified atom stereocenters. The van der Waals surface area contributed by atoms with E-state index in [4.69, 9.17) is 4.74 Å². The molecule has 1 saturated carbocycles. The fraction of sp³-hybridized carbons (Fsp3) is 0.647. The maximum atomic E-state index is 5.39. The van der Waals surface area contributed by atoms with Gasteiger partial charge >= 0.3 is 0 Å². The molecule has 2 nitrogen and oxygen atoms in total. The number of ether oxygens (including phenoxy) is 1. The van der Waals surface area contributed by atoms with E-state index in [1.165, 1.54) is 45.2 Å². The maximum absolute atomic E-state index is 5.39. The largest absolute Gasteiger partial charge is 0.497 e. The molecular weight excluding hydrogens is 234 g/mol. The van der Waals surface area contributed by atoms with Crippen molar-refractivity contribution in [1.82, 2.24) is 4.90 Å². The summed E-state index contributed by atoms with van der Waals surface area (Å²) < 4.78 is 5.39. The number of hydrogen-bond acceptors (Lipinski definition) is 2. The number of hydrogen-bond donors (Lipinski definition) is 0. The zero-order valence-electron chi connectivity index (χ0n) is 11.8. The number of methoxy groups -OCH3 is 1. The zero-order valence-corrected chi connectivity index (χ0v) is 11.8. The Balaban J connectivity index is 1.58. The van der Waals surface area contributed by atoms with Crippen LogP contribution in [0, 0.1) is 5.92 Å². The second-order valence-electron chi connectivity index (χ2n) is 6.58. The number of benzene rings is 1. The lowest BCUT2D eigenvalue weighted by Crippen LogP contribution is -2.46. The van der Waals surface area contributed by atoms with Gasteiger partial charge in [-0.25, -0.2) is 0 Å². The second kappa shape index (κ2) is 4.52. The summed E-state index contributed by atoms with van der Waals surface area (Å²) in [5.74, 6) is 2.82. The van der Waals surface area contributed by atoms with Crippen molar-refractivity contribution in [3.63, 3.8) is 0 Å². The number of rotatable bonds is 3. The molecule has 102 valence electrons. The van der Waals surface area contributed by atoms with Crippen LogP contribution in [0.3, 0.4) is 0 Å². The van der Waals surface area contributed by atoms with Crippen molar-refractivity contribution in [1.29, 1.82) is 0 Å². The summed E-state index contributed by atoms with van der Waals surface area (Å²) in [5.41, 5.74) is 3.14. The van der Waals surface area contributed by atoms with E-state index >= 15 is 0 Å². The Morgan fingerprint density at radius 1 is 1.26 bits per heavy atom. The summed E-state index contributed by atoms with van der Waals surface area (Å²) in [6, 6.07) is 7.52. The van der Waals surface area contributed by atoms with E-state index in [9.17, 15) is 0 Å². The van der Waals surface area contributed by atoms with Crippen LogP contribution in [0.25, 0.3) is 0 Å². The minimum atomic E-state index is 0.777. The quantitative estimate of drug-likeness (QED) is 0.824. The van der Waals surface area contributed by atoms with E-state index in [0.29, 0.717) is 0 Å². The fourth-order valence-electron chi connectivity index (χ4n) is 3.99. The van der Waals surface area contributed by atoms with E-state index in [1.54, 1.807) is 18.2 Å². The molecule has 1 aliphatic heterocycles. The molecule has 0 aromatic heterocycles. The van der Waals surface area contributed by atoms with Crippen LogP contribution >= 0.6 is 0 Å². The molecule has 0 spiro atoms. The Morgan fingerprint density at radius 3 is 2.95 bits per heavy atom. The Morgan fingerprint density at radius 2 is 2.16 bits per heavy atom. The Labute approximate surface area is 115 Å². The first-order valence-electron chi connectivity index (χ1n) is 7.74. The number of piperidine rings is 1. The van der Waals surface area contributed by atoms with Gasteiger partial charge in [0, 0.05) is 12.6 Å². The number of fused-ring (bicyclic) bond motifs is 4. The van der Waals surface area contributed by atoms with E-state index in [2.05, 4.69) is 23.1 Å². The summed E-state index contributed by atoms with van der Waals surface area (Å²) >= 11 is 0. The average Bonchev–Trinajstić information content (AvgIpc) is 3.25. The van der Waals surface area contributed by atoms with Gasteiger partial charge < -0.3 is 4.74 Å². The molecule has 1 saturated heterocycles. The Hall–Kier alpha value is -1.02. The van der Waals surface area contributed by atoms with Crippen molar-refractivity contribution in [3.8, 4) is 5.75 Å². The van der Waals surface area contributed by atoms with Crippen LogP contribution in [0.2, 0.25) is 0 Å². The van der Waals surface area contributed by atoms with Crippen LogP contribution in [0.4, 0.5) is 0 Å². The third-order valence-electron chi connectivity index (χ3n) is 5.28. The molecule has 2 bridgehead atoms. The predicted molar refractivity (Wildman–Crippen MR) is 76.8 cm³/mol. The third-order valence-corrected chi connectivity index (χ3v) is 5.28. The highest BCUT2D eigenvalue weighted by atomic mass is 16.5. The van der Waals surface area contributed by atoms with Crippen molar-refractivity contribution in [2.75, 3.05) is 20.2 Å². The molecule has 19 heavy (non-hydrogen) atoms. The van der Waals surface area contributed by atoms with Crippen molar-refractivity contribution >= 4 is 0 Å². The summed E-state index contributed by atoms with van der Waals surface area (Å²) in [6.07, 6.45) is 6.90. The van der Waals surface area contributed by atoms with Gasteiger partial charge in [0.05, 0.1) is 7.11 Å². The van der Waals surface area contributed by atoms with E-state index < -0.39 is 0 Å². The molecule has 2 heteroatoms. The first-order chi connectivity index (χ1) is 9.33. The van der Waals surface area contributed by atoms with E-state index in [0.717, 1.165) is 23.6 Å². The van der Waals surface area contributed by atoms with Gasteiger partial charge in [-0.3, -0.25) is 4.90 Å². The van der Waals surface area contributed by atoms with Crippen LogP contribution in [0.15, 0.2) is 18.2 Å². The number of nitrogens with zero attached hydrogens (tertiary/aromatic N) is 1. The zero-order chi connectivity index (χ0) is 12.8. The van der Waals surface area contributed by atoms with Crippen LogP contribution in [0.5, 0.6) is 5.75 Å². The van der Waals surface area contributed by atoms with Gasteiger partial charge in [-0.1, -0.05) is 6.07 Å². The molecule has 0 radical (unpaired) electrons. The van der Waals surface area contributed by atoms with Crippen molar-refractivity contribution in [2.24, 2.45) is 5.92 Å². The minimum Gasteiger partial charge on any atom is -0.497 e. The highest BCUT2D eigenvalue weighted by molar-refractivity contribution is 5.41. The van der Waals surface area contributed by atoms with Crippen molar-refractivity contribution in [2.45, 2.75) is 44.1 Å². The van der Waals surface area contributed by atoms with Gasteiger partial charge in [0.15, 0.2) is 0 Å². The lowest BCUT2D eigenvalue weighted by Gasteiger charge is -2.44. The molecule has 1 aromatic carbocycles. The lowest BCUT2D eigenvalue weighted by molar-refractivity contribution is 0.119.